The number of rotatable bonds is 6. The van der Waals surface area contributed by atoms with E-state index in [1.807, 2.05) is 13.8 Å². The molecule has 1 aromatic heterocycles. The number of nitrogens with one attached hydrogen (secondary N) is 2. The summed E-state index contributed by atoms with van der Waals surface area (Å²) in [5, 5.41) is 14.7. The van der Waals surface area contributed by atoms with E-state index in [1.54, 1.807) is 25.1 Å². The first kappa shape index (κ1) is 18.0. The predicted octanol–water partition coefficient (Wildman–Crippen LogP) is 4.00. The number of benzene rings is 1. The van der Waals surface area contributed by atoms with Crippen LogP contribution in [-0.2, 0) is 0 Å². The molecule has 0 aliphatic carbocycles. The monoisotopic (exact) mass is 334 g/mol. The fraction of sp³-hybridized carbons (Fsp3) is 0.389. The van der Waals surface area contributed by atoms with Crippen LogP contribution >= 0.6 is 0 Å². The van der Waals surface area contributed by atoms with Crippen molar-refractivity contribution >= 4 is 11.7 Å². The van der Waals surface area contributed by atoms with E-state index in [2.05, 4.69) is 10.6 Å². The van der Waals surface area contributed by atoms with Crippen LogP contribution in [0.1, 0.15) is 27.2 Å². The van der Waals surface area contributed by atoms with Gasteiger partial charge in [-0.2, -0.15) is 0 Å². The molecule has 6 heteroatoms. The molecule has 2 aromatic rings. The van der Waals surface area contributed by atoms with Crippen molar-refractivity contribution in [3.8, 4) is 11.3 Å². The minimum absolute atomic E-state index is 0.0785. The van der Waals surface area contributed by atoms with Gasteiger partial charge in [0.15, 0.2) is 0 Å². The average Bonchev–Trinajstić information content (AvgIpc) is 3.00. The van der Waals surface area contributed by atoms with E-state index in [9.17, 15) is 14.3 Å². The first-order chi connectivity index (χ1) is 11.3. The quantitative estimate of drug-likeness (QED) is 0.747. The largest absolute Gasteiger partial charge is 0.464 e. The first-order valence-electron chi connectivity index (χ1n) is 7.83. The molecule has 0 aliphatic heterocycles. The number of hydrogen-bond acceptors (Lipinski definition) is 3. The maximum atomic E-state index is 13.9. The van der Waals surface area contributed by atoms with Crippen LogP contribution in [0.4, 0.5) is 14.9 Å². The van der Waals surface area contributed by atoms with Gasteiger partial charge in [0.1, 0.15) is 11.6 Å². The van der Waals surface area contributed by atoms with E-state index in [4.69, 9.17) is 4.42 Å². The fourth-order valence-electron chi connectivity index (χ4n) is 2.58. The molecule has 0 saturated heterocycles. The standard InChI is InChI=1S/C18H23FN2O3/c1-12(22)10-18(2,3)11-20-17(23)21-15-9-13(6-7-14(15)19)16-5-4-8-24-16/h4-9,12,22H,10-11H2,1-3H3,(H2,20,21,23). The van der Waals surface area contributed by atoms with E-state index in [0.717, 1.165) is 0 Å². The SMILES string of the molecule is CC(O)CC(C)(C)CNC(=O)Nc1cc(-c2ccco2)ccc1F. The number of amides is 2. The average molecular weight is 334 g/mol. The van der Waals surface area contributed by atoms with Crippen molar-refractivity contribution < 1.29 is 18.7 Å². The number of urea groups is 1. The van der Waals surface area contributed by atoms with Gasteiger partial charge in [0.2, 0.25) is 0 Å². The van der Waals surface area contributed by atoms with Gasteiger partial charge in [0.25, 0.3) is 0 Å². The summed E-state index contributed by atoms with van der Waals surface area (Å²) in [7, 11) is 0. The normalized spacial score (nSPS) is 12.7. The smallest absolute Gasteiger partial charge is 0.319 e. The zero-order valence-corrected chi connectivity index (χ0v) is 14.1. The molecular formula is C18H23FN2O3. The van der Waals surface area contributed by atoms with Crippen LogP contribution in [0.15, 0.2) is 41.0 Å². The third-order valence-corrected chi connectivity index (χ3v) is 3.60. The molecule has 1 unspecified atom stereocenters. The zero-order chi connectivity index (χ0) is 17.7. The summed E-state index contributed by atoms with van der Waals surface area (Å²) < 4.78 is 19.2. The Morgan fingerprint density at radius 3 is 2.75 bits per heavy atom. The highest BCUT2D eigenvalue weighted by Gasteiger charge is 2.21. The Bertz CT molecular complexity index is 682. The lowest BCUT2D eigenvalue weighted by molar-refractivity contribution is 0.129. The third-order valence-electron chi connectivity index (χ3n) is 3.60. The highest BCUT2D eigenvalue weighted by molar-refractivity contribution is 5.90. The van der Waals surface area contributed by atoms with Crippen LogP contribution in [0, 0.1) is 11.2 Å². The van der Waals surface area contributed by atoms with Gasteiger partial charge in [-0.3, -0.25) is 0 Å². The van der Waals surface area contributed by atoms with E-state index in [-0.39, 0.29) is 11.1 Å². The molecule has 0 radical (unpaired) electrons. The predicted molar refractivity (Wildman–Crippen MR) is 91.2 cm³/mol. The number of furan rings is 1. The first-order valence-corrected chi connectivity index (χ1v) is 7.83. The molecule has 1 atom stereocenters. The molecule has 0 spiro atoms. The fourth-order valence-corrected chi connectivity index (χ4v) is 2.58. The van der Waals surface area contributed by atoms with Gasteiger partial charge in [-0.05, 0) is 49.1 Å². The van der Waals surface area contributed by atoms with Crippen molar-refractivity contribution in [1.82, 2.24) is 5.32 Å². The van der Waals surface area contributed by atoms with E-state index < -0.39 is 18.0 Å². The van der Waals surface area contributed by atoms with Crippen LogP contribution in [0.5, 0.6) is 0 Å². The van der Waals surface area contributed by atoms with Crippen molar-refractivity contribution in [2.24, 2.45) is 5.41 Å². The lowest BCUT2D eigenvalue weighted by atomic mass is 9.87. The molecule has 2 amide bonds. The van der Waals surface area contributed by atoms with Crippen LogP contribution < -0.4 is 10.6 Å². The molecule has 1 aromatic carbocycles. The van der Waals surface area contributed by atoms with Crippen LogP contribution in [-0.4, -0.2) is 23.8 Å². The summed E-state index contributed by atoms with van der Waals surface area (Å²) >= 11 is 0. The second-order valence-corrected chi connectivity index (χ2v) is 6.70. The van der Waals surface area contributed by atoms with Crippen molar-refractivity contribution in [2.45, 2.75) is 33.3 Å². The number of carbonyl (C=O) groups excluding carboxylic acids is 1. The van der Waals surface area contributed by atoms with Crippen LogP contribution in [0.25, 0.3) is 11.3 Å². The molecular weight excluding hydrogens is 311 g/mol. The van der Waals surface area contributed by atoms with Crippen molar-refractivity contribution in [3.63, 3.8) is 0 Å². The summed E-state index contributed by atoms with van der Waals surface area (Å²) in [4.78, 5) is 12.0. The van der Waals surface area contributed by atoms with Crippen molar-refractivity contribution in [2.75, 3.05) is 11.9 Å². The number of aliphatic hydroxyl groups excluding tert-OH is 1. The number of halogens is 1. The summed E-state index contributed by atoms with van der Waals surface area (Å²) in [6, 6.07) is 7.39. The van der Waals surface area contributed by atoms with Gasteiger partial charge in [0.05, 0.1) is 18.1 Å². The van der Waals surface area contributed by atoms with E-state index in [0.29, 0.717) is 24.3 Å². The van der Waals surface area contributed by atoms with Crippen LogP contribution in [0.3, 0.4) is 0 Å². The number of aliphatic hydroxyl groups is 1. The minimum atomic E-state index is -0.524. The molecule has 3 N–H and O–H groups in total. The molecule has 0 saturated carbocycles. The van der Waals surface area contributed by atoms with Gasteiger partial charge in [-0.15, -0.1) is 0 Å². The summed E-state index contributed by atoms with van der Waals surface area (Å²) in [5.41, 5.74) is 0.487. The molecule has 1 heterocycles. The molecule has 5 nitrogen and oxygen atoms in total. The summed E-state index contributed by atoms with van der Waals surface area (Å²) in [6.45, 7) is 5.96. The van der Waals surface area contributed by atoms with Crippen LogP contribution in [0.2, 0.25) is 0 Å². The minimum Gasteiger partial charge on any atom is -0.464 e. The Morgan fingerprint density at radius 1 is 1.38 bits per heavy atom. The van der Waals surface area contributed by atoms with Gasteiger partial charge in [-0.25, -0.2) is 9.18 Å². The molecule has 0 fully saturated rings. The van der Waals surface area contributed by atoms with Crippen molar-refractivity contribution in [1.29, 1.82) is 0 Å². The summed E-state index contributed by atoms with van der Waals surface area (Å²) in [5.74, 6) is 0.0696. The Hall–Kier alpha value is -2.34. The van der Waals surface area contributed by atoms with E-state index in [1.165, 1.54) is 18.4 Å². The third kappa shape index (κ3) is 5.09. The van der Waals surface area contributed by atoms with Gasteiger partial charge in [-0.1, -0.05) is 13.8 Å². The molecule has 130 valence electrons. The topological polar surface area (TPSA) is 74.5 Å². The maximum Gasteiger partial charge on any atom is 0.319 e. The maximum absolute atomic E-state index is 13.9. The number of carbonyl (C=O) groups is 1. The van der Waals surface area contributed by atoms with Gasteiger partial charge in [0, 0.05) is 12.1 Å². The van der Waals surface area contributed by atoms with Gasteiger partial charge >= 0.3 is 6.03 Å². The molecule has 2 rings (SSSR count). The number of hydrogen-bond donors (Lipinski definition) is 3. The second-order valence-electron chi connectivity index (χ2n) is 6.70. The highest BCUT2D eigenvalue weighted by Crippen LogP contribution is 2.25. The van der Waals surface area contributed by atoms with Crippen molar-refractivity contribution in [3.05, 3.63) is 42.4 Å². The molecule has 24 heavy (non-hydrogen) atoms. The highest BCUT2D eigenvalue weighted by atomic mass is 19.1. The molecule has 0 bridgehead atoms. The van der Waals surface area contributed by atoms with E-state index >= 15 is 0 Å². The lowest BCUT2D eigenvalue weighted by Gasteiger charge is -2.26. The Kier molecular flexibility index (Phi) is 5.62. The Balaban J connectivity index is 2.00. The lowest BCUT2D eigenvalue weighted by Crippen LogP contribution is -2.38. The molecule has 0 aliphatic rings. The summed E-state index contributed by atoms with van der Waals surface area (Å²) in [6.07, 6.45) is 1.63. The zero-order valence-electron chi connectivity index (χ0n) is 14.1. The second kappa shape index (κ2) is 7.49. The number of anilines is 1. The Labute approximate surface area is 140 Å². The Morgan fingerprint density at radius 2 is 2.12 bits per heavy atom. The van der Waals surface area contributed by atoms with Gasteiger partial charge < -0.3 is 20.2 Å².